The summed E-state index contributed by atoms with van der Waals surface area (Å²) in [5.41, 5.74) is 5.44. The van der Waals surface area contributed by atoms with E-state index < -0.39 is 0 Å². The predicted molar refractivity (Wildman–Crippen MR) is 63.0 cm³/mol. The first kappa shape index (κ1) is 14.6. The Kier molecular flexibility index (Phi) is 6.75. The monoisotopic (exact) mass is 366 g/mol. The molecule has 0 aliphatic rings. The zero-order chi connectivity index (χ0) is 10.6. The van der Waals surface area contributed by atoms with Gasteiger partial charge in [0.2, 0.25) is 0 Å². The topological polar surface area (TPSA) is 0 Å². The van der Waals surface area contributed by atoms with Crippen LogP contribution in [-0.4, -0.2) is 0 Å². The van der Waals surface area contributed by atoms with Gasteiger partial charge >= 0.3 is 0 Å². The molecule has 0 bridgehead atoms. The van der Waals surface area contributed by atoms with Gasteiger partial charge in [0.15, 0.2) is 0 Å². The van der Waals surface area contributed by atoms with Gasteiger partial charge < -0.3 is 0 Å². The van der Waals surface area contributed by atoms with Crippen molar-refractivity contribution in [3.63, 3.8) is 0 Å². The summed E-state index contributed by atoms with van der Waals surface area (Å²) in [6.07, 6.45) is 0. The second kappa shape index (κ2) is 6.95. The van der Waals surface area contributed by atoms with E-state index in [0.717, 1.165) is 0 Å². The first-order valence-electron chi connectivity index (χ1n) is 4.98. The number of hydrogen-bond acceptors (Lipinski definition) is 0. The SMILES string of the molecule is Cc1cc[c-](C)c1.Cc1cc[c-](C)c1.[Hf]. The van der Waals surface area contributed by atoms with E-state index in [4.69, 9.17) is 0 Å². The van der Waals surface area contributed by atoms with Crippen molar-refractivity contribution in [1.82, 2.24) is 0 Å². The van der Waals surface area contributed by atoms with Crippen molar-refractivity contribution < 1.29 is 25.8 Å². The first-order valence-corrected chi connectivity index (χ1v) is 4.98. The summed E-state index contributed by atoms with van der Waals surface area (Å²) in [5, 5.41) is 0. The number of rotatable bonds is 0. The van der Waals surface area contributed by atoms with Crippen molar-refractivity contribution in [2.45, 2.75) is 27.7 Å². The van der Waals surface area contributed by atoms with E-state index in [9.17, 15) is 0 Å². The maximum absolute atomic E-state index is 2.17. The molecule has 0 radical (unpaired) electrons. The van der Waals surface area contributed by atoms with Crippen molar-refractivity contribution in [1.29, 1.82) is 0 Å². The van der Waals surface area contributed by atoms with Gasteiger partial charge in [0, 0.05) is 25.8 Å². The first-order chi connectivity index (χ1) is 6.58. The van der Waals surface area contributed by atoms with Crippen LogP contribution in [0.3, 0.4) is 0 Å². The smallest absolute Gasteiger partial charge is 0 e. The molecule has 0 fully saturated rings. The van der Waals surface area contributed by atoms with Gasteiger partial charge in [0.1, 0.15) is 0 Å². The molecule has 0 aliphatic heterocycles. The molecular formula is C14H18Hf-2. The van der Waals surface area contributed by atoms with Crippen molar-refractivity contribution >= 4 is 0 Å². The Labute approximate surface area is 112 Å². The zero-order valence-electron chi connectivity index (χ0n) is 9.96. The minimum atomic E-state index is 0. The van der Waals surface area contributed by atoms with Crippen LogP contribution in [0, 0.1) is 27.7 Å². The summed E-state index contributed by atoms with van der Waals surface area (Å²) in [6, 6.07) is 12.8. The fourth-order valence-electron chi connectivity index (χ4n) is 1.44. The molecule has 2 aromatic carbocycles. The Morgan fingerprint density at radius 3 is 1.20 bits per heavy atom. The Bertz CT molecular complexity index is 308. The molecule has 0 amide bonds. The van der Waals surface area contributed by atoms with Crippen LogP contribution >= 0.6 is 0 Å². The van der Waals surface area contributed by atoms with Crippen LogP contribution in [0.15, 0.2) is 36.4 Å². The van der Waals surface area contributed by atoms with Crippen LogP contribution < -0.4 is 0 Å². The average Bonchev–Trinajstić information content (AvgIpc) is 2.63. The van der Waals surface area contributed by atoms with Gasteiger partial charge in [0.25, 0.3) is 0 Å². The van der Waals surface area contributed by atoms with E-state index in [1.54, 1.807) is 0 Å². The molecule has 0 saturated carbocycles. The summed E-state index contributed by atoms with van der Waals surface area (Å²) < 4.78 is 0. The third kappa shape index (κ3) is 5.88. The van der Waals surface area contributed by atoms with E-state index in [-0.39, 0.29) is 25.8 Å². The predicted octanol–water partition coefficient (Wildman–Crippen LogP) is 4.04. The van der Waals surface area contributed by atoms with Crippen LogP contribution in [0.4, 0.5) is 0 Å². The van der Waals surface area contributed by atoms with E-state index >= 15 is 0 Å². The summed E-state index contributed by atoms with van der Waals surface area (Å²) in [4.78, 5) is 0. The molecule has 0 nitrogen and oxygen atoms in total. The van der Waals surface area contributed by atoms with Crippen LogP contribution in [0.5, 0.6) is 0 Å². The number of hydrogen-bond donors (Lipinski definition) is 0. The minimum absolute atomic E-state index is 0. The average molecular weight is 365 g/mol. The maximum atomic E-state index is 2.17. The van der Waals surface area contributed by atoms with Crippen molar-refractivity contribution in [2.24, 2.45) is 0 Å². The fraction of sp³-hybridized carbons (Fsp3) is 0.286. The minimum Gasteiger partial charge on any atom is -0.211 e. The summed E-state index contributed by atoms with van der Waals surface area (Å²) in [5.74, 6) is 0. The van der Waals surface area contributed by atoms with E-state index in [0.29, 0.717) is 0 Å². The Morgan fingerprint density at radius 2 is 1.13 bits per heavy atom. The molecule has 1 heteroatoms. The second-order valence-electron chi connectivity index (χ2n) is 3.93. The normalized spacial score (nSPS) is 8.80. The molecular weight excluding hydrogens is 347 g/mol. The molecule has 0 aromatic heterocycles. The molecule has 0 saturated heterocycles. The van der Waals surface area contributed by atoms with E-state index in [1.165, 1.54) is 22.3 Å². The van der Waals surface area contributed by atoms with Crippen LogP contribution in [0.1, 0.15) is 22.3 Å². The van der Waals surface area contributed by atoms with Crippen molar-refractivity contribution in [3.8, 4) is 0 Å². The maximum Gasteiger partial charge on any atom is 0 e. The van der Waals surface area contributed by atoms with Crippen molar-refractivity contribution in [3.05, 3.63) is 58.7 Å². The molecule has 0 N–H and O–H groups in total. The molecule has 2 aromatic rings. The van der Waals surface area contributed by atoms with Gasteiger partial charge in [0.05, 0.1) is 0 Å². The molecule has 0 heterocycles. The largest absolute Gasteiger partial charge is 0.211 e. The van der Waals surface area contributed by atoms with E-state index in [1.807, 2.05) is 0 Å². The molecule has 80 valence electrons. The Morgan fingerprint density at radius 1 is 0.800 bits per heavy atom. The van der Waals surface area contributed by atoms with Gasteiger partial charge in [-0.05, 0) is 0 Å². The van der Waals surface area contributed by atoms with Gasteiger partial charge in [-0.1, -0.05) is 27.7 Å². The molecule has 0 atom stereocenters. The molecule has 0 unspecified atom stereocenters. The van der Waals surface area contributed by atoms with Crippen LogP contribution in [-0.2, 0) is 25.8 Å². The summed E-state index contributed by atoms with van der Waals surface area (Å²) in [7, 11) is 0. The Hall–Kier alpha value is -0.430. The second-order valence-corrected chi connectivity index (χ2v) is 3.93. The summed E-state index contributed by atoms with van der Waals surface area (Å²) >= 11 is 0. The number of aryl methyl sites for hydroxylation is 4. The Balaban J connectivity index is 0.000000245. The zero-order valence-corrected chi connectivity index (χ0v) is 13.6. The van der Waals surface area contributed by atoms with Crippen LogP contribution in [0.25, 0.3) is 0 Å². The molecule has 15 heavy (non-hydrogen) atoms. The van der Waals surface area contributed by atoms with Gasteiger partial charge in [-0.2, -0.15) is 35.4 Å². The third-order valence-corrected chi connectivity index (χ3v) is 2.13. The van der Waals surface area contributed by atoms with Gasteiger partial charge in [-0.25, -0.2) is 23.3 Å². The molecule has 2 rings (SSSR count). The van der Waals surface area contributed by atoms with Gasteiger partial charge in [-0.15, -0.1) is 0 Å². The molecule has 0 spiro atoms. The summed E-state index contributed by atoms with van der Waals surface area (Å²) in [6.45, 7) is 8.42. The fourth-order valence-corrected chi connectivity index (χ4v) is 1.44. The quantitative estimate of drug-likeness (QED) is 0.489. The van der Waals surface area contributed by atoms with Gasteiger partial charge in [-0.3, -0.25) is 0 Å². The van der Waals surface area contributed by atoms with E-state index in [2.05, 4.69) is 64.1 Å². The van der Waals surface area contributed by atoms with Crippen LogP contribution in [0.2, 0.25) is 0 Å². The third-order valence-electron chi connectivity index (χ3n) is 2.13. The van der Waals surface area contributed by atoms with Crippen molar-refractivity contribution in [2.75, 3.05) is 0 Å². The standard InChI is InChI=1S/2C7H9.Hf/c2*1-6-3-4-7(2)5-6;/h2*3-5H,1-2H3;/q2*-1;. The molecule has 0 aliphatic carbocycles.